The van der Waals surface area contributed by atoms with Gasteiger partial charge in [0.05, 0.1) is 6.20 Å². The SMILES string of the molecule is CC(C)(C)NC1CCC(Nc2ccc(F)cn2)CC1. The fourth-order valence-corrected chi connectivity index (χ4v) is 2.66. The normalized spacial score (nSPS) is 24.2. The van der Waals surface area contributed by atoms with Gasteiger partial charge in [-0.1, -0.05) is 0 Å². The first-order chi connectivity index (χ1) is 8.92. The summed E-state index contributed by atoms with van der Waals surface area (Å²) in [5.74, 6) is 0.484. The summed E-state index contributed by atoms with van der Waals surface area (Å²) in [5, 5.41) is 7.04. The van der Waals surface area contributed by atoms with Crippen LogP contribution in [0.3, 0.4) is 0 Å². The molecule has 0 aliphatic heterocycles. The van der Waals surface area contributed by atoms with E-state index >= 15 is 0 Å². The van der Waals surface area contributed by atoms with Crippen molar-refractivity contribution in [2.24, 2.45) is 0 Å². The highest BCUT2D eigenvalue weighted by Crippen LogP contribution is 2.23. The van der Waals surface area contributed by atoms with Gasteiger partial charge in [0.25, 0.3) is 0 Å². The Morgan fingerprint density at radius 3 is 2.26 bits per heavy atom. The lowest BCUT2D eigenvalue weighted by Gasteiger charge is -2.34. The summed E-state index contributed by atoms with van der Waals surface area (Å²) < 4.78 is 12.8. The fraction of sp³-hybridized carbons (Fsp3) is 0.667. The van der Waals surface area contributed by atoms with E-state index in [1.54, 1.807) is 6.07 Å². The number of nitrogens with one attached hydrogen (secondary N) is 2. The van der Waals surface area contributed by atoms with Gasteiger partial charge in [0.15, 0.2) is 0 Å². The predicted molar refractivity (Wildman–Crippen MR) is 76.8 cm³/mol. The van der Waals surface area contributed by atoms with Gasteiger partial charge in [-0.05, 0) is 58.6 Å². The summed E-state index contributed by atoms with van der Waals surface area (Å²) in [6.07, 6.45) is 5.88. The molecule has 0 atom stereocenters. The lowest BCUT2D eigenvalue weighted by molar-refractivity contribution is 0.286. The molecule has 0 spiro atoms. The van der Waals surface area contributed by atoms with Gasteiger partial charge >= 0.3 is 0 Å². The molecule has 1 aliphatic rings. The summed E-state index contributed by atoms with van der Waals surface area (Å²) in [7, 11) is 0. The van der Waals surface area contributed by atoms with Gasteiger partial charge in [0.1, 0.15) is 11.6 Å². The molecule has 4 heteroatoms. The molecule has 2 N–H and O–H groups in total. The van der Waals surface area contributed by atoms with E-state index in [-0.39, 0.29) is 11.4 Å². The van der Waals surface area contributed by atoms with Crippen molar-refractivity contribution in [2.45, 2.75) is 64.1 Å². The summed E-state index contributed by atoms with van der Waals surface area (Å²) in [5.41, 5.74) is 0.184. The Hall–Kier alpha value is -1.16. The number of halogens is 1. The third-order valence-corrected chi connectivity index (χ3v) is 3.44. The van der Waals surface area contributed by atoms with Crippen molar-refractivity contribution >= 4 is 5.82 Å². The van der Waals surface area contributed by atoms with Crippen LogP contribution in [0, 0.1) is 5.82 Å². The molecule has 19 heavy (non-hydrogen) atoms. The van der Waals surface area contributed by atoms with E-state index in [2.05, 4.69) is 36.4 Å². The maximum absolute atomic E-state index is 12.8. The average molecular weight is 265 g/mol. The van der Waals surface area contributed by atoms with Gasteiger partial charge in [0, 0.05) is 17.6 Å². The minimum atomic E-state index is -0.288. The van der Waals surface area contributed by atoms with Crippen molar-refractivity contribution in [3.05, 3.63) is 24.1 Å². The second kappa shape index (κ2) is 5.87. The van der Waals surface area contributed by atoms with Crippen LogP contribution >= 0.6 is 0 Å². The first-order valence-corrected chi connectivity index (χ1v) is 7.08. The topological polar surface area (TPSA) is 37.0 Å². The molecular weight excluding hydrogens is 241 g/mol. The minimum absolute atomic E-state index is 0.184. The Labute approximate surface area is 115 Å². The molecule has 3 nitrogen and oxygen atoms in total. The number of nitrogens with zero attached hydrogens (tertiary/aromatic N) is 1. The molecule has 2 rings (SSSR count). The molecule has 1 aliphatic carbocycles. The van der Waals surface area contributed by atoms with Crippen LogP contribution in [0.15, 0.2) is 18.3 Å². The van der Waals surface area contributed by atoms with Crippen LogP contribution in [0.4, 0.5) is 10.2 Å². The first-order valence-electron chi connectivity index (χ1n) is 7.08. The van der Waals surface area contributed by atoms with E-state index < -0.39 is 0 Å². The van der Waals surface area contributed by atoms with E-state index in [9.17, 15) is 4.39 Å². The molecular formula is C15H24FN3. The zero-order valence-electron chi connectivity index (χ0n) is 12.0. The largest absolute Gasteiger partial charge is 0.367 e. The molecule has 0 aromatic carbocycles. The molecule has 1 saturated carbocycles. The standard InChI is InChI=1S/C15H24FN3/c1-15(2,3)19-13-7-5-12(6-8-13)18-14-9-4-11(16)10-17-14/h4,9-10,12-13,19H,5-8H2,1-3H3,(H,17,18). The Bertz CT molecular complexity index is 389. The van der Waals surface area contributed by atoms with E-state index in [4.69, 9.17) is 0 Å². The van der Waals surface area contributed by atoms with Crippen LogP contribution in [-0.4, -0.2) is 22.6 Å². The third kappa shape index (κ3) is 4.78. The summed E-state index contributed by atoms with van der Waals surface area (Å²) in [6, 6.07) is 4.21. The van der Waals surface area contributed by atoms with Gasteiger partial charge in [-0.3, -0.25) is 0 Å². The van der Waals surface area contributed by atoms with Crippen molar-refractivity contribution in [3.8, 4) is 0 Å². The second-order valence-electron chi connectivity index (χ2n) is 6.45. The van der Waals surface area contributed by atoms with E-state index in [0.29, 0.717) is 12.1 Å². The van der Waals surface area contributed by atoms with Crippen molar-refractivity contribution < 1.29 is 4.39 Å². The quantitative estimate of drug-likeness (QED) is 0.880. The van der Waals surface area contributed by atoms with Gasteiger partial charge < -0.3 is 10.6 Å². The molecule has 1 heterocycles. The van der Waals surface area contributed by atoms with E-state index in [1.807, 2.05) is 0 Å². The molecule has 0 unspecified atom stereocenters. The molecule has 0 bridgehead atoms. The van der Waals surface area contributed by atoms with Crippen LogP contribution in [0.25, 0.3) is 0 Å². The average Bonchev–Trinajstić information content (AvgIpc) is 2.33. The number of pyridine rings is 1. The molecule has 1 aromatic rings. The Kier molecular flexibility index (Phi) is 4.40. The van der Waals surface area contributed by atoms with Gasteiger partial charge in [0.2, 0.25) is 0 Å². The third-order valence-electron chi connectivity index (χ3n) is 3.44. The molecule has 1 aromatic heterocycles. The summed E-state index contributed by atoms with van der Waals surface area (Å²) >= 11 is 0. The zero-order valence-corrected chi connectivity index (χ0v) is 12.0. The van der Waals surface area contributed by atoms with E-state index in [0.717, 1.165) is 18.7 Å². The van der Waals surface area contributed by atoms with Crippen LogP contribution < -0.4 is 10.6 Å². The molecule has 0 amide bonds. The summed E-state index contributed by atoms with van der Waals surface area (Å²) in [4.78, 5) is 4.05. The van der Waals surface area contributed by atoms with Crippen LogP contribution in [0.1, 0.15) is 46.5 Å². The van der Waals surface area contributed by atoms with Crippen LogP contribution in [-0.2, 0) is 0 Å². The van der Waals surface area contributed by atoms with E-state index in [1.165, 1.54) is 25.1 Å². The van der Waals surface area contributed by atoms with Gasteiger partial charge in [-0.2, -0.15) is 0 Å². The number of anilines is 1. The molecule has 0 saturated heterocycles. The van der Waals surface area contributed by atoms with Crippen LogP contribution in [0.5, 0.6) is 0 Å². The highest BCUT2D eigenvalue weighted by atomic mass is 19.1. The smallest absolute Gasteiger partial charge is 0.141 e. The molecule has 0 radical (unpaired) electrons. The second-order valence-corrected chi connectivity index (χ2v) is 6.45. The summed E-state index contributed by atoms with van der Waals surface area (Å²) in [6.45, 7) is 6.62. The Morgan fingerprint density at radius 1 is 1.11 bits per heavy atom. The first kappa shape index (κ1) is 14.3. The number of aromatic nitrogens is 1. The maximum Gasteiger partial charge on any atom is 0.141 e. The molecule has 106 valence electrons. The van der Waals surface area contributed by atoms with Crippen LogP contribution in [0.2, 0.25) is 0 Å². The highest BCUT2D eigenvalue weighted by molar-refractivity contribution is 5.34. The predicted octanol–water partition coefficient (Wildman–Crippen LogP) is 3.33. The Morgan fingerprint density at radius 2 is 1.74 bits per heavy atom. The highest BCUT2D eigenvalue weighted by Gasteiger charge is 2.24. The Balaban J connectivity index is 1.79. The van der Waals surface area contributed by atoms with Crippen molar-refractivity contribution in [1.82, 2.24) is 10.3 Å². The van der Waals surface area contributed by atoms with Crippen molar-refractivity contribution in [3.63, 3.8) is 0 Å². The maximum atomic E-state index is 12.8. The fourth-order valence-electron chi connectivity index (χ4n) is 2.66. The monoisotopic (exact) mass is 265 g/mol. The number of hydrogen-bond donors (Lipinski definition) is 2. The lowest BCUT2D eigenvalue weighted by atomic mass is 9.89. The zero-order chi connectivity index (χ0) is 13.9. The number of hydrogen-bond acceptors (Lipinski definition) is 3. The lowest BCUT2D eigenvalue weighted by Crippen LogP contribution is -2.46. The van der Waals surface area contributed by atoms with Crippen molar-refractivity contribution in [1.29, 1.82) is 0 Å². The van der Waals surface area contributed by atoms with Crippen molar-refractivity contribution in [2.75, 3.05) is 5.32 Å². The number of rotatable bonds is 3. The minimum Gasteiger partial charge on any atom is -0.367 e. The molecule has 1 fully saturated rings. The van der Waals surface area contributed by atoms with Gasteiger partial charge in [-0.15, -0.1) is 0 Å². The van der Waals surface area contributed by atoms with Gasteiger partial charge in [-0.25, -0.2) is 9.37 Å².